The lowest BCUT2D eigenvalue weighted by Gasteiger charge is -2.31. The molecule has 4 rings (SSSR count). The van der Waals surface area contributed by atoms with E-state index in [9.17, 15) is 8.78 Å². The van der Waals surface area contributed by atoms with Crippen molar-refractivity contribution in [2.45, 2.75) is 51.5 Å². The Bertz CT molecular complexity index is 862. The zero-order valence-corrected chi connectivity index (χ0v) is 15.9. The fourth-order valence-electron chi connectivity index (χ4n) is 3.38. The van der Waals surface area contributed by atoms with E-state index in [-0.39, 0.29) is 11.4 Å². The first-order valence-corrected chi connectivity index (χ1v) is 9.44. The van der Waals surface area contributed by atoms with Gasteiger partial charge in [0.1, 0.15) is 0 Å². The molecule has 28 heavy (non-hydrogen) atoms. The first-order chi connectivity index (χ1) is 13.7. The number of halogens is 2. The van der Waals surface area contributed by atoms with Gasteiger partial charge in [0.25, 0.3) is 11.8 Å². The average molecular weight is 387 g/mol. The summed E-state index contributed by atoms with van der Waals surface area (Å²) in [5.41, 5.74) is 1.43. The van der Waals surface area contributed by atoms with Gasteiger partial charge in [0.05, 0.1) is 11.1 Å². The van der Waals surface area contributed by atoms with Crippen LogP contribution in [0.1, 0.15) is 57.4 Å². The average Bonchev–Trinajstić information content (AvgIpc) is 3.42. The molecule has 1 saturated carbocycles. The molecule has 2 aromatic heterocycles. The van der Waals surface area contributed by atoms with Gasteiger partial charge in [0, 0.05) is 12.4 Å². The minimum atomic E-state index is -2.80. The Labute approximate surface area is 162 Å². The molecule has 0 aliphatic heterocycles. The van der Waals surface area contributed by atoms with E-state index < -0.39 is 12.3 Å². The second-order valence-electron chi connectivity index (χ2n) is 6.32. The van der Waals surface area contributed by atoms with Crippen LogP contribution in [0.5, 0.6) is 0 Å². The zero-order chi connectivity index (χ0) is 20.0. The minimum Gasteiger partial charge on any atom is -0.415 e. The Balaban J connectivity index is 0.00000109. The lowest BCUT2D eigenvalue weighted by atomic mass is 9.88. The maximum absolute atomic E-state index is 12.6. The third kappa shape index (κ3) is 4.16. The summed E-state index contributed by atoms with van der Waals surface area (Å²) in [4.78, 5) is 8.61. The van der Waals surface area contributed by atoms with Crippen molar-refractivity contribution >= 4 is 5.95 Å². The predicted molar refractivity (Wildman–Crippen MR) is 102 cm³/mol. The van der Waals surface area contributed by atoms with Gasteiger partial charge >= 0.3 is 6.43 Å². The molecule has 0 atom stereocenters. The normalized spacial score (nSPS) is 15.2. The second kappa shape index (κ2) is 8.86. The van der Waals surface area contributed by atoms with E-state index in [1.54, 1.807) is 0 Å². The molecule has 1 aliphatic carbocycles. The van der Waals surface area contributed by atoms with Crippen molar-refractivity contribution in [2.24, 2.45) is 0 Å². The highest BCUT2D eigenvalue weighted by atomic mass is 19.3. The van der Waals surface area contributed by atoms with Crippen LogP contribution in [0.25, 0.3) is 11.5 Å². The molecule has 0 spiro atoms. The van der Waals surface area contributed by atoms with Gasteiger partial charge in [0.15, 0.2) is 0 Å². The van der Waals surface area contributed by atoms with E-state index in [1.807, 2.05) is 32.0 Å². The number of benzene rings is 1. The van der Waals surface area contributed by atoms with Gasteiger partial charge in [-0.25, -0.2) is 9.97 Å². The van der Waals surface area contributed by atoms with Crippen LogP contribution in [-0.2, 0) is 5.54 Å². The van der Waals surface area contributed by atoms with Crippen LogP contribution < -0.4 is 5.32 Å². The highest BCUT2D eigenvalue weighted by Gasteiger charge is 2.36. The number of anilines is 1. The lowest BCUT2D eigenvalue weighted by molar-refractivity contribution is 0.116. The lowest BCUT2D eigenvalue weighted by Crippen LogP contribution is -2.32. The smallest absolute Gasteiger partial charge is 0.314 e. The summed E-state index contributed by atoms with van der Waals surface area (Å²) >= 11 is 0. The monoisotopic (exact) mass is 387 g/mol. The Morgan fingerprint density at radius 1 is 1.00 bits per heavy atom. The van der Waals surface area contributed by atoms with Crippen molar-refractivity contribution in [2.75, 3.05) is 5.32 Å². The Hall–Kier alpha value is -2.90. The molecule has 8 heteroatoms. The van der Waals surface area contributed by atoms with Gasteiger partial charge in [-0.1, -0.05) is 57.0 Å². The third-order valence-corrected chi connectivity index (χ3v) is 4.66. The molecule has 2 heterocycles. The number of aromatic nitrogens is 4. The number of alkyl halides is 2. The van der Waals surface area contributed by atoms with Crippen molar-refractivity contribution in [1.82, 2.24) is 20.2 Å². The van der Waals surface area contributed by atoms with Gasteiger partial charge in [-0.3, -0.25) is 0 Å². The van der Waals surface area contributed by atoms with E-state index in [4.69, 9.17) is 4.42 Å². The predicted octanol–water partition coefficient (Wildman–Crippen LogP) is 5.37. The molecule has 0 bridgehead atoms. The van der Waals surface area contributed by atoms with Crippen LogP contribution in [-0.4, -0.2) is 20.2 Å². The molecular formula is C20H23F2N5O. The molecule has 0 radical (unpaired) electrons. The topological polar surface area (TPSA) is 76.7 Å². The Kier molecular flexibility index (Phi) is 6.28. The van der Waals surface area contributed by atoms with Crippen molar-refractivity contribution in [3.8, 4) is 11.5 Å². The molecule has 6 nitrogen and oxygen atoms in total. The van der Waals surface area contributed by atoms with Crippen molar-refractivity contribution in [3.63, 3.8) is 0 Å². The van der Waals surface area contributed by atoms with Crippen LogP contribution in [0.2, 0.25) is 0 Å². The van der Waals surface area contributed by atoms with E-state index in [0.29, 0.717) is 11.5 Å². The first-order valence-electron chi connectivity index (χ1n) is 9.44. The molecule has 0 saturated heterocycles. The maximum atomic E-state index is 12.6. The summed E-state index contributed by atoms with van der Waals surface area (Å²) in [6.07, 6.45) is 4.47. The molecule has 0 unspecified atom stereocenters. The molecule has 0 amide bonds. The molecular weight excluding hydrogens is 364 g/mol. The standard InChI is InChI=1S/C18H17F2N5O.C2H6/c19-14(20)16-25-24-15(26-16)12-10-21-17(22-11-12)23-18(8-4-5-9-18)13-6-2-1-3-7-13;1-2/h1-3,6-7,10-11,14H,4-5,8-9H2,(H,21,22,23);1-2H3. The van der Waals surface area contributed by atoms with Crippen molar-refractivity contribution in [1.29, 1.82) is 0 Å². The van der Waals surface area contributed by atoms with Crippen LogP contribution >= 0.6 is 0 Å². The molecule has 148 valence electrons. The third-order valence-electron chi connectivity index (χ3n) is 4.66. The van der Waals surface area contributed by atoms with Crippen LogP contribution in [0.4, 0.5) is 14.7 Å². The number of hydrogen-bond donors (Lipinski definition) is 1. The molecule has 3 aromatic rings. The SMILES string of the molecule is CC.FC(F)c1nnc(-c2cnc(NC3(c4ccccc4)CCCC3)nc2)o1. The number of rotatable bonds is 5. The fourth-order valence-corrected chi connectivity index (χ4v) is 3.38. The van der Waals surface area contributed by atoms with E-state index in [2.05, 4.69) is 37.6 Å². The van der Waals surface area contributed by atoms with Crippen LogP contribution in [0.3, 0.4) is 0 Å². The molecule has 1 aromatic carbocycles. The van der Waals surface area contributed by atoms with Gasteiger partial charge < -0.3 is 9.73 Å². The van der Waals surface area contributed by atoms with Gasteiger partial charge in [0.2, 0.25) is 5.95 Å². The summed E-state index contributed by atoms with van der Waals surface area (Å²) in [6, 6.07) is 10.3. The summed E-state index contributed by atoms with van der Waals surface area (Å²) in [6.45, 7) is 4.00. The van der Waals surface area contributed by atoms with Gasteiger partial charge in [-0.2, -0.15) is 8.78 Å². The summed E-state index contributed by atoms with van der Waals surface area (Å²) < 4.78 is 30.0. The van der Waals surface area contributed by atoms with Crippen LogP contribution in [0.15, 0.2) is 47.1 Å². The minimum absolute atomic E-state index is 0.0227. The van der Waals surface area contributed by atoms with Gasteiger partial charge in [-0.15, -0.1) is 10.2 Å². The summed E-state index contributed by atoms with van der Waals surface area (Å²) in [5.74, 6) is -0.255. The first kappa shape index (κ1) is 19.9. The Morgan fingerprint density at radius 2 is 1.64 bits per heavy atom. The summed E-state index contributed by atoms with van der Waals surface area (Å²) in [7, 11) is 0. The highest BCUT2D eigenvalue weighted by Crippen LogP contribution is 2.41. The van der Waals surface area contributed by atoms with Crippen molar-refractivity contribution < 1.29 is 13.2 Å². The number of nitrogens with one attached hydrogen (secondary N) is 1. The molecule has 1 fully saturated rings. The quantitative estimate of drug-likeness (QED) is 0.634. The molecule has 1 N–H and O–H groups in total. The van der Waals surface area contributed by atoms with E-state index in [1.165, 1.54) is 18.0 Å². The maximum Gasteiger partial charge on any atom is 0.314 e. The Morgan fingerprint density at radius 3 is 2.21 bits per heavy atom. The largest absolute Gasteiger partial charge is 0.415 e. The van der Waals surface area contributed by atoms with Gasteiger partial charge in [-0.05, 0) is 18.4 Å². The van der Waals surface area contributed by atoms with Crippen LogP contribution in [0, 0.1) is 0 Å². The summed E-state index contributed by atoms with van der Waals surface area (Å²) in [5, 5.41) is 10.4. The number of nitrogens with zero attached hydrogens (tertiary/aromatic N) is 4. The van der Waals surface area contributed by atoms with E-state index in [0.717, 1.165) is 25.7 Å². The fraction of sp³-hybridized carbons (Fsp3) is 0.400. The second-order valence-corrected chi connectivity index (χ2v) is 6.32. The van der Waals surface area contributed by atoms with Crippen molar-refractivity contribution in [3.05, 3.63) is 54.2 Å². The highest BCUT2D eigenvalue weighted by molar-refractivity contribution is 5.51. The number of hydrogen-bond acceptors (Lipinski definition) is 6. The van der Waals surface area contributed by atoms with E-state index >= 15 is 0 Å². The zero-order valence-electron chi connectivity index (χ0n) is 15.9. The molecule has 1 aliphatic rings.